The Hall–Kier alpha value is -6.52. The lowest BCUT2D eigenvalue weighted by Gasteiger charge is -2.14. The van der Waals surface area contributed by atoms with E-state index in [0.29, 0.717) is 11.1 Å². The SMILES string of the molecule is [B]c1c(O)c(O)c2c(sc3c(C(N=C(N=C)c4ccc5c(c4)oc4ccccc45)=NCc4cccc(-c5ccccc5)c4)c(O)c([B])c(O)c32)c1O. The minimum atomic E-state index is -0.776. The first-order valence-electron chi connectivity index (χ1n) is 15.9. The molecule has 8 aromatic rings. The molecule has 12 heteroatoms. The van der Waals surface area contributed by atoms with Crippen molar-refractivity contribution in [1.29, 1.82) is 0 Å². The number of phenolic OH excluding ortho intramolecular Hbond substituents is 5. The fourth-order valence-electron chi connectivity index (χ4n) is 6.38. The summed E-state index contributed by atoms with van der Waals surface area (Å²) >= 11 is 0.885. The summed E-state index contributed by atoms with van der Waals surface area (Å²) in [5.41, 5.74) is 3.73. The Balaban J connectivity index is 1.37. The van der Waals surface area contributed by atoms with Crippen LogP contribution in [0, 0.1) is 0 Å². The van der Waals surface area contributed by atoms with Crippen LogP contribution < -0.4 is 10.9 Å². The number of aromatic hydroxyl groups is 5. The molecule has 0 aliphatic heterocycles. The van der Waals surface area contributed by atoms with E-state index in [0.717, 1.165) is 44.4 Å². The number of amidine groups is 2. The number of nitrogens with zero attached hydrogens (tertiary/aromatic N) is 3. The molecule has 52 heavy (non-hydrogen) atoms. The summed E-state index contributed by atoms with van der Waals surface area (Å²) in [7, 11) is 12.2. The quantitative estimate of drug-likeness (QED) is 0.0438. The molecule has 0 saturated carbocycles. The van der Waals surface area contributed by atoms with Crippen molar-refractivity contribution in [2.45, 2.75) is 6.54 Å². The molecule has 0 bridgehead atoms. The highest BCUT2D eigenvalue weighted by Crippen LogP contribution is 2.51. The van der Waals surface area contributed by atoms with Crippen molar-refractivity contribution in [3.63, 3.8) is 0 Å². The van der Waals surface area contributed by atoms with Crippen LogP contribution in [0.3, 0.4) is 0 Å². The second kappa shape index (κ2) is 12.7. The normalized spacial score (nSPS) is 12.4. The number of benzene rings is 6. The molecule has 4 radical (unpaired) electrons. The van der Waals surface area contributed by atoms with Gasteiger partial charge in [0.25, 0.3) is 0 Å². The molecule has 2 aromatic heterocycles. The van der Waals surface area contributed by atoms with Crippen LogP contribution in [0.1, 0.15) is 16.7 Å². The first-order valence-corrected chi connectivity index (χ1v) is 16.8. The first-order chi connectivity index (χ1) is 25.2. The molecule has 248 valence electrons. The van der Waals surface area contributed by atoms with Gasteiger partial charge in [-0.1, -0.05) is 72.8 Å². The van der Waals surface area contributed by atoms with Gasteiger partial charge in [0.2, 0.25) is 0 Å². The van der Waals surface area contributed by atoms with Crippen LogP contribution in [0.4, 0.5) is 0 Å². The topological polar surface area (TPSA) is 151 Å². The third kappa shape index (κ3) is 5.23. The van der Waals surface area contributed by atoms with E-state index in [1.54, 1.807) is 6.07 Å². The molecule has 0 saturated heterocycles. The first kappa shape index (κ1) is 32.7. The highest BCUT2D eigenvalue weighted by atomic mass is 32.1. The predicted molar refractivity (Wildman–Crippen MR) is 210 cm³/mol. The number of phenols is 5. The van der Waals surface area contributed by atoms with Crippen molar-refractivity contribution < 1.29 is 29.9 Å². The molecule has 9 nitrogen and oxygen atoms in total. The Morgan fingerprint density at radius 3 is 2.12 bits per heavy atom. The maximum absolute atomic E-state index is 11.6. The molecule has 8 rings (SSSR count). The molecule has 0 aliphatic rings. The fourth-order valence-corrected chi connectivity index (χ4v) is 7.68. The van der Waals surface area contributed by atoms with E-state index < -0.39 is 39.7 Å². The highest BCUT2D eigenvalue weighted by molar-refractivity contribution is 7.27. The van der Waals surface area contributed by atoms with Crippen LogP contribution in [-0.4, -0.2) is 59.6 Å². The molecule has 2 heterocycles. The predicted octanol–water partition coefficient (Wildman–Crippen LogP) is 6.83. The van der Waals surface area contributed by atoms with Crippen LogP contribution >= 0.6 is 11.3 Å². The van der Waals surface area contributed by atoms with Crippen LogP contribution in [-0.2, 0) is 6.54 Å². The maximum atomic E-state index is 11.6. The number of aliphatic imine (C=N–C) groups is 3. The summed E-state index contributed by atoms with van der Waals surface area (Å²) in [4.78, 5) is 13.9. The van der Waals surface area contributed by atoms with Gasteiger partial charge < -0.3 is 29.9 Å². The van der Waals surface area contributed by atoms with Crippen LogP contribution in [0.25, 0.3) is 53.2 Å². The van der Waals surface area contributed by atoms with Gasteiger partial charge in [-0.3, -0.25) is 4.99 Å². The molecule has 5 N–H and O–H groups in total. The average molecular weight is 697 g/mol. The zero-order chi connectivity index (χ0) is 36.3. The second-order valence-electron chi connectivity index (χ2n) is 12.1. The Morgan fingerprint density at radius 2 is 1.33 bits per heavy atom. The van der Waals surface area contributed by atoms with E-state index in [4.69, 9.17) is 30.1 Å². The third-order valence-corrected chi connectivity index (χ3v) is 10.2. The summed E-state index contributed by atoms with van der Waals surface area (Å²) in [5, 5.41) is 56.9. The molecular weight excluding hydrogens is 672 g/mol. The Kier molecular flexibility index (Phi) is 7.96. The lowest BCUT2D eigenvalue weighted by atomic mass is 9.87. The number of rotatable bonds is 5. The maximum Gasteiger partial charge on any atom is 0.166 e. The number of thiophene rings is 1. The lowest BCUT2D eigenvalue weighted by molar-refractivity contribution is 0.407. The number of fused-ring (bicyclic) bond motifs is 6. The minimum Gasteiger partial charge on any atom is -0.508 e. The van der Waals surface area contributed by atoms with Crippen molar-refractivity contribution in [3.8, 4) is 39.9 Å². The van der Waals surface area contributed by atoms with E-state index >= 15 is 0 Å². The zero-order valence-electron chi connectivity index (χ0n) is 27.2. The van der Waals surface area contributed by atoms with E-state index in [1.165, 1.54) is 0 Å². The van der Waals surface area contributed by atoms with Crippen molar-refractivity contribution in [3.05, 3.63) is 114 Å². The Labute approximate surface area is 302 Å². The molecule has 0 fully saturated rings. The summed E-state index contributed by atoms with van der Waals surface area (Å²) in [5.74, 6) is -3.04. The van der Waals surface area contributed by atoms with Crippen LogP contribution in [0.2, 0.25) is 0 Å². The standard InChI is InChI=1S/C40H25B2N3O6S/c1-43-39(22-14-15-24-23-12-5-6-13-25(23)51-26(24)17-22)45-40(44-18-19-8-7-11-21(16-19)20-9-3-2-4-10-20)29-33(47)30(41)32(46)27-28-34(48)35(49)31(42)36(50)38(28)52-37(27)29/h2-17,46-50H,1,18H2. The van der Waals surface area contributed by atoms with E-state index in [9.17, 15) is 25.5 Å². The molecule has 0 aliphatic carbocycles. The van der Waals surface area contributed by atoms with E-state index in [2.05, 4.69) is 11.7 Å². The zero-order valence-corrected chi connectivity index (χ0v) is 28.0. The lowest BCUT2D eigenvalue weighted by Crippen LogP contribution is -2.12. The number of hydrogen-bond acceptors (Lipinski definition) is 8. The molecule has 0 atom stereocenters. The second-order valence-corrected chi connectivity index (χ2v) is 13.1. The van der Waals surface area contributed by atoms with Gasteiger partial charge >= 0.3 is 0 Å². The van der Waals surface area contributed by atoms with E-state index in [-0.39, 0.29) is 44.0 Å². The van der Waals surface area contributed by atoms with Gasteiger partial charge in [-0.05, 0) is 58.6 Å². The van der Waals surface area contributed by atoms with Gasteiger partial charge in [-0.15, -0.1) is 11.3 Å². The molecule has 0 unspecified atom stereocenters. The molecule has 6 aromatic carbocycles. The van der Waals surface area contributed by atoms with Crippen molar-refractivity contribution in [2.24, 2.45) is 15.0 Å². The molecular formula is C40H25B2N3O6S. The molecule has 0 amide bonds. The van der Waals surface area contributed by atoms with Gasteiger partial charge in [-0.25, -0.2) is 9.98 Å². The van der Waals surface area contributed by atoms with E-state index in [1.807, 2.05) is 91.0 Å². The summed E-state index contributed by atoms with van der Waals surface area (Å²) in [6.45, 7) is 3.85. The van der Waals surface area contributed by atoms with Crippen LogP contribution in [0.5, 0.6) is 28.7 Å². The highest BCUT2D eigenvalue weighted by Gasteiger charge is 2.28. The fraction of sp³-hybridized carbons (Fsp3) is 0.0250. The number of furan rings is 1. The average Bonchev–Trinajstić information content (AvgIpc) is 3.76. The largest absolute Gasteiger partial charge is 0.508 e. The van der Waals surface area contributed by atoms with Gasteiger partial charge in [0.1, 0.15) is 44.1 Å². The summed E-state index contributed by atoms with van der Waals surface area (Å²) < 4.78 is 6.28. The number of para-hydroxylation sites is 1. The van der Waals surface area contributed by atoms with Crippen LogP contribution in [0.15, 0.2) is 116 Å². The third-order valence-electron chi connectivity index (χ3n) is 8.97. The van der Waals surface area contributed by atoms with Crippen molar-refractivity contribution in [2.75, 3.05) is 0 Å². The van der Waals surface area contributed by atoms with Crippen molar-refractivity contribution in [1.82, 2.24) is 0 Å². The smallest absolute Gasteiger partial charge is 0.166 e. The monoisotopic (exact) mass is 697 g/mol. The van der Waals surface area contributed by atoms with Gasteiger partial charge in [0, 0.05) is 21.7 Å². The van der Waals surface area contributed by atoms with Crippen molar-refractivity contribution >= 4 is 98.5 Å². The summed E-state index contributed by atoms with van der Waals surface area (Å²) in [6.07, 6.45) is 0. The van der Waals surface area contributed by atoms with Gasteiger partial charge in [0.15, 0.2) is 23.2 Å². The molecule has 0 spiro atoms. The minimum absolute atomic E-state index is 0.0199. The summed E-state index contributed by atoms with van der Waals surface area (Å²) in [6, 6.07) is 30.8. The van der Waals surface area contributed by atoms with Gasteiger partial charge in [-0.2, -0.15) is 0 Å². The number of hydrogen-bond donors (Lipinski definition) is 5. The Bertz CT molecular complexity index is 2830. The van der Waals surface area contributed by atoms with Gasteiger partial charge in [0.05, 0.1) is 26.9 Å². The Morgan fingerprint density at radius 1 is 0.635 bits per heavy atom.